The zero-order valence-corrected chi connectivity index (χ0v) is 7.42. The van der Waals surface area contributed by atoms with E-state index in [2.05, 4.69) is 0 Å². The molecule has 3 heteroatoms. The highest BCUT2D eigenvalue weighted by Crippen LogP contribution is 2.17. The third kappa shape index (κ3) is 1.47. The van der Waals surface area contributed by atoms with E-state index in [1.807, 2.05) is 20.8 Å². The second kappa shape index (κ2) is 2.85. The number of hydrogen-bond donors (Lipinski definition) is 0. The van der Waals surface area contributed by atoms with Gasteiger partial charge in [-0.2, -0.15) is 0 Å². The fourth-order valence-electron chi connectivity index (χ4n) is 0.802. The predicted octanol–water partition coefficient (Wildman–Crippen LogP) is 1.56. The zero-order valence-electron chi connectivity index (χ0n) is 5.91. The van der Waals surface area contributed by atoms with Crippen LogP contribution in [0.25, 0.3) is 0 Å². The van der Waals surface area contributed by atoms with Gasteiger partial charge in [0.1, 0.15) is 7.85 Å². The van der Waals surface area contributed by atoms with Gasteiger partial charge in [0.2, 0.25) is 0 Å². The Labute approximate surface area is 71.6 Å². The van der Waals surface area contributed by atoms with Crippen LogP contribution in [0.15, 0.2) is 12.1 Å². The van der Waals surface area contributed by atoms with Crippen LogP contribution in [0.4, 0.5) is 0 Å². The van der Waals surface area contributed by atoms with Crippen LogP contribution in [-0.2, 0) is 0 Å². The molecule has 0 spiro atoms. The summed E-state index contributed by atoms with van der Waals surface area (Å²) in [7, 11) is 1.96. The molecule has 0 unspecified atom stereocenters. The fourth-order valence-corrected chi connectivity index (χ4v) is 1.18. The summed E-state index contributed by atoms with van der Waals surface area (Å²) < 4.78 is 0. The van der Waals surface area contributed by atoms with E-state index in [0.717, 1.165) is 21.1 Å². The molecular weight excluding hydrogens is 166 g/mol. The van der Waals surface area contributed by atoms with Crippen LogP contribution < -0.4 is 5.46 Å². The summed E-state index contributed by atoms with van der Waals surface area (Å²) in [6.45, 7) is 1.96. The van der Waals surface area contributed by atoms with Gasteiger partial charge in [-0.3, -0.25) is 0 Å². The summed E-state index contributed by atoms with van der Waals surface area (Å²) in [6.07, 6.45) is 0. The molecule has 0 heterocycles. The normalized spacial score (nSPS) is 9.90. The maximum atomic E-state index is 5.80. The first-order chi connectivity index (χ1) is 4.61. The quantitative estimate of drug-likeness (QED) is 0.522. The van der Waals surface area contributed by atoms with Gasteiger partial charge in [0.05, 0.1) is 0 Å². The highest BCUT2D eigenvalue weighted by Gasteiger charge is 1.98. The van der Waals surface area contributed by atoms with Gasteiger partial charge in [-0.05, 0) is 18.6 Å². The summed E-state index contributed by atoms with van der Waals surface area (Å²) in [6, 6.07) is 3.75. The fraction of sp³-hybridized carbons (Fsp3) is 0.143. The summed E-state index contributed by atoms with van der Waals surface area (Å²) in [5.74, 6) is 0. The lowest BCUT2D eigenvalue weighted by molar-refractivity contribution is 1.49. The van der Waals surface area contributed by atoms with Crippen molar-refractivity contribution >= 4 is 36.5 Å². The average molecular weight is 173 g/mol. The van der Waals surface area contributed by atoms with Crippen LogP contribution in [0.5, 0.6) is 0 Å². The second-order valence-electron chi connectivity index (χ2n) is 2.35. The van der Waals surface area contributed by atoms with Gasteiger partial charge in [-0.25, -0.2) is 0 Å². The molecule has 0 atom stereocenters. The Bertz CT molecular complexity index is 208. The average Bonchev–Trinajstić information content (AvgIpc) is 1.84. The van der Waals surface area contributed by atoms with Gasteiger partial charge in [-0.1, -0.05) is 34.7 Å². The molecule has 0 amide bonds. The lowest BCUT2D eigenvalue weighted by Crippen LogP contribution is -2.03. The van der Waals surface area contributed by atoms with E-state index in [1.165, 1.54) is 0 Å². The van der Waals surface area contributed by atoms with Crippen LogP contribution >= 0.6 is 23.2 Å². The van der Waals surface area contributed by atoms with Gasteiger partial charge in [0.25, 0.3) is 0 Å². The number of hydrogen-bond acceptors (Lipinski definition) is 0. The van der Waals surface area contributed by atoms with Crippen molar-refractivity contribution in [1.82, 2.24) is 0 Å². The minimum Gasteiger partial charge on any atom is -0.0849 e. The van der Waals surface area contributed by atoms with E-state index < -0.39 is 0 Å². The molecule has 52 valence electrons. The molecule has 0 aliphatic heterocycles. The van der Waals surface area contributed by atoms with Gasteiger partial charge in [0, 0.05) is 10.0 Å². The van der Waals surface area contributed by atoms with E-state index >= 15 is 0 Å². The zero-order chi connectivity index (χ0) is 7.72. The molecular formula is C7H7BCl2. The maximum absolute atomic E-state index is 5.80. The van der Waals surface area contributed by atoms with Gasteiger partial charge >= 0.3 is 0 Å². The predicted molar refractivity (Wildman–Crippen MR) is 49.4 cm³/mol. The third-order valence-corrected chi connectivity index (χ3v) is 2.25. The molecule has 0 aromatic heterocycles. The van der Waals surface area contributed by atoms with Gasteiger partial charge < -0.3 is 0 Å². The molecule has 0 fully saturated rings. The lowest BCUT2D eigenvalue weighted by atomic mass is 9.95. The van der Waals surface area contributed by atoms with Crippen molar-refractivity contribution < 1.29 is 0 Å². The summed E-state index contributed by atoms with van der Waals surface area (Å²) >= 11 is 11.6. The molecule has 0 saturated carbocycles. The molecule has 10 heavy (non-hydrogen) atoms. The van der Waals surface area contributed by atoms with Crippen molar-refractivity contribution in [2.24, 2.45) is 0 Å². The summed E-state index contributed by atoms with van der Waals surface area (Å²) in [5.41, 5.74) is 2.15. The molecule has 0 aliphatic rings. The first kappa shape index (κ1) is 7.97. The van der Waals surface area contributed by atoms with Crippen molar-refractivity contribution in [3.8, 4) is 0 Å². The Morgan fingerprint density at radius 2 is 1.80 bits per heavy atom. The number of rotatable bonds is 0. The van der Waals surface area contributed by atoms with Crippen LogP contribution in [0, 0.1) is 6.92 Å². The van der Waals surface area contributed by atoms with E-state index in [0.29, 0.717) is 0 Å². The summed E-state index contributed by atoms with van der Waals surface area (Å²) in [4.78, 5) is 0. The van der Waals surface area contributed by atoms with Gasteiger partial charge in [-0.15, -0.1) is 0 Å². The number of benzene rings is 1. The minimum absolute atomic E-state index is 0.732. The smallest absolute Gasteiger partial charge is 0.0849 e. The largest absolute Gasteiger partial charge is 0.141 e. The number of halogens is 2. The van der Waals surface area contributed by atoms with Crippen LogP contribution in [0.2, 0.25) is 10.0 Å². The molecule has 1 aromatic rings. The summed E-state index contributed by atoms with van der Waals surface area (Å²) in [5, 5.41) is 1.46. The highest BCUT2D eigenvalue weighted by molar-refractivity contribution is 6.46. The van der Waals surface area contributed by atoms with Gasteiger partial charge in [0.15, 0.2) is 0 Å². The van der Waals surface area contributed by atoms with Crippen LogP contribution in [0.3, 0.4) is 0 Å². The van der Waals surface area contributed by atoms with Crippen LogP contribution in [-0.4, -0.2) is 7.85 Å². The van der Waals surface area contributed by atoms with Crippen molar-refractivity contribution in [2.45, 2.75) is 6.92 Å². The SMILES string of the molecule is Bc1cc(C)c(Cl)cc1Cl. The second-order valence-corrected chi connectivity index (χ2v) is 3.16. The Kier molecular flexibility index (Phi) is 2.27. The van der Waals surface area contributed by atoms with E-state index in [1.54, 1.807) is 6.07 Å². The monoisotopic (exact) mass is 172 g/mol. The molecule has 0 radical (unpaired) electrons. The minimum atomic E-state index is 0.732. The Morgan fingerprint density at radius 1 is 1.20 bits per heavy atom. The third-order valence-electron chi connectivity index (χ3n) is 1.44. The van der Waals surface area contributed by atoms with Crippen molar-refractivity contribution in [1.29, 1.82) is 0 Å². The van der Waals surface area contributed by atoms with Crippen molar-refractivity contribution in [2.75, 3.05) is 0 Å². The molecule has 0 saturated heterocycles. The van der Waals surface area contributed by atoms with E-state index in [4.69, 9.17) is 23.2 Å². The molecule has 0 N–H and O–H groups in total. The van der Waals surface area contributed by atoms with E-state index in [9.17, 15) is 0 Å². The molecule has 0 nitrogen and oxygen atoms in total. The first-order valence-corrected chi connectivity index (χ1v) is 3.79. The molecule has 0 aliphatic carbocycles. The van der Waals surface area contributed by atoms with Crippen molar-refractivity contribution in [3.63, 3.8) is 0 Å². The van der Waals surface area contributed by atoms with Crippen molar-refractivity contribution in [3.05, 3.63) is 27.7 Å². The Balaban J connectivity index is 3.28. The topological polar surface area (TPSA) is 0 Å². The number of aryl methyl sites for hydroxylation is 1. The highest BCUT2D eigenvalue weighted by atomic mass is 35.5. The Morgan fingerprint density at radius 3 is 2.30 bits per heavy atom. The maximum Gasteiger partial charge on any atom is 0.141 e. The molecule has 1 aromatic carbocycles. The first-order valence-electron chi connectivity index (χ1n) is 3.03. The van der Waals surface area contributed by atoms with Crippen LogP contribution in [0.1, 0.15) is 5.56 Å². The standard InChI is InChI=1S/C7H7BCl2/c1-4-2-5(8)7(10)3-6(4)9/h2-3H,8H2,1H3. The molecule has 1 rings (SSSR count). The molecule has 0 bridgehead atoms. The lowest BCUT2D eigenvalue weighted by Gasteiger charge is -2.00. The van der Waals surface area contributed by atoms with E-state index in [-0.39, 0.29) is 0 Å². The Hall–Kier alpha value is -0.135.